The standard InChI is InChI=1S/C20H24N2O4/c1-5-6-16-7-9-18(19(11-16)24-4)26-17-8-10-20(21-12-17)25-13-14(2)22-15(3)23/h5,7-12,14H,1,6,13H2,2-4H3,(H,22,23)/t14-/m0/s1. The van der Waals surface area contributed by atoms with Crippen molar-refractivity contribution < 1.29 is 19.0 Å². The monoisotopic (exact) mass is 356 g/mol. The molecule has 0 saturated carbocycles. The predicted molar refractivity (Wildman–Crippen MR) is 100.0 cm³/mol. The lowest BCUT2D eigenvalue weighted by atomic mass is 10.1. The van der Waals surface area contributed by atoms with Crippen molar-refractivity contribution in [1.29, 1.82) is 0 Å². The van der Waals surface area contributed by atoms with E-state index in [9.17, 15) is 4.79 Å². The first-order valence-corrected chi connectivity index (χ1v) is 8.33. The number of hydrogen-bond donors (Lipinski definition) is 1. The van der Waals surface area contributed by atoms with Crippen LogP contribution in [0.2, 0.25) is 0 Å². The van der Waals surface area contributed by atoms with Crippen LogP contribution in [0.5, 0.6) is 23.1 Å². The van der Waals surface area contributed by atoms with Crippen molar-refractivity contribution in [2.24, 2.45) is 0 Å². The summed E-state index contributed by atoms with van der Waals surface area (Å²) in [5.41, 5.74) is 1.10. The van der Waals surface area contributed by atoms with Crippen LogP contribution in [-0.4, -0.2) is 30.6 Å². The minimum atomic E-state index is -0.0939. The average Bonchev–Trinajstić information content (AvgIpc) is 2.62. The summed E-state index contributed by atoms with van der Waals surface area (Å²) in [6.07, 6.45) is 4.18. The highest BCUT2D eigenvalue weighted by molar-refractivity contribution is 5.73. The van der Waals surface area contributed by atoms with E-state index in [0.717, 1.165) is 12.0 Å². The maximum absolute atomic E-state index is 11.0. The van der Waals surface area contributed by atoms with Crippen molar-refractivity contribution in [3.8, 4) is 23.1 Å². The fourth-order valence-corrected chi connectivity index (χ4v) is 2.33. The van der Waals surface area contributed by atoms with Gasteiger partial charge in [0.25, 0.3) is 0 Å². The van der Waals surface area contributed by atoms with Crippen LogP contribution in [0.15, 0.2) is 49.2 Å². The predicted octanol–water partition coefficient (Wildman–Crippen LogP) is 3.51. The Morgan fingerprint density at radius 3 is 2.73 bits per heavy atom. The van der Waals surface area contributed by atoms with E-state index >= 15 is 0 Å². The molecule has 2 rings (SSSR count). The molecule has 6 nitrogen and oxygen atoms in total. The Morgan fingerprint density at radius 2 is 2.12 bits per heavy atom. The number of carbonyl (C=O) groups is 1. The van der Waals surface area contributed by atoms with Crippen LogP contribution in [0, 0.1) is 0 Å². The van der Waals surface area contributed by atoms with E-state index in [2.05, 4.69) is 16.9 Å². The average molecular weight is 356 g/mol. The maximum atomic E-state index is 11.0. The molecule has 138 valence electrons. The molecule has 1 aromatic carbocycles. The molecular weight excluding hydrogens is 332 g/mol. The van der Waals surface area contributed by atoms with Gasteiger partial charge in [0.1, 0.15) is 12.4 Å². The molecule has 0 aliphatic carbocycles. The number of hydrogen-bond acceptors (Lipinski definition) is 5. The van der Waals surface area contributed by atoms with Crippen molar-refractivity contribution in [1.82, 2.24) is 10.3 Å². The second-order valence-corrected chi connectivity index (χ2v) is 5.82. The normalized spacial score (nSPS) is 11.3. The van der Waals surface area contributed by atoms with Gasteiger partial charge in [0.05, 0.1) is 19.3 Å². The van der Waals surface area contributed by atoms with Crippen molar-refractivity contribution in [2.75, 3.05) is 13.7 Å². The first kappa shape index (κ1) is 19.3. The summed E-state index contributed by atoms with van der Waals surface area (Å²) < 4.78 is 16.8. The van der Waals surface area contributed by atoms with Gasteiger partial charge in [-0.1, -0.05) is 12.1 Å². The van der Waals surface area contributed by atoms with Gasteiger partial charge in [-0.15, -0.1) is 6.58 Å². The summed E-state index contributed by atoms with van der Waals surface area (Å²) in [6.45, 7) is 7.41. The van der Waals surface area contributed by atoms with Crippen LogP contribution < -0.4 is 19.5 Å². The van der Waals surface area contributed by atoms with Crippen LogP contribution in [0.3, 0.4) is 0 Å². The van der Waals surface area contributed by atoms with E-state index < -0.39 is 0 Å². The quantitative estimate of drug-likeness (QED) is 0.696. The van der Waals surface area contributed by atoms with Crippen LogP contribution in [0.1, 0.15) is 19.4 Å². The summed E-state index contributed by atoms with van der Waals surface area (Å²) in [4.78, 5) is 15.2. The lowest BCUT2D eigenvalue weighted by Gasteiger charge is -2.14. The van der Waals surface area contributed by atoms with Gasteiger partial charge in [0, 0.05) is 13.0 Å². The van der Waals surface area contributed by atoms with E-state index in [1.807, 2.05) is 31.2 Å². The molecular formula is C20H24N2O4. The lowest BCUT2D eigenvalue weighted by molar-refractivity contribution is -0.119. The van der Waals surface area contributed by atoms with E-state index in [1.165, 1.54) is 6.92 Å². The molecule has 0 fully saturated rings. The molecule has 1 heterocycles. The number of rotatable bonds is 9. The third-order valence-corrected chi connectivity index (χ3v) is 3.48. The molecule has 0 aliphatic rings. The molecule has 1 atom stereocenters. The van der Waals surface area contributed by atoms with Crippen LogP contribution >= 0.6 is 0 Å². The summed E-state index contributed by atoms with van der Waals surface area (Å²) >= 11 is 0. The molecule has 26 heavy (non-hydrogen) atoms. The number of nitrogens with one attached hydrogen (secondary N) is 1. The zero-order valence-electron chi connectivity index (χ0n) is 15.3. The molecule has 0 spiro atoms. The molecule has 6 heteroatoms. The number of ether oxygens (including phenoxy) is 3. The topological polar surface area (TPSA) is 69.7 Å². The fraction of sp³-hybridized carbons (Fsp3) is 0.300. The Labute approximate surface area is 153 Å². The summed E-state index contributed by atoms with van der Waals surface area (Å²) in [6, 6.07) is 9.14. The number of pyridine rings is 1. The van der Waals surface area contributed by atoms with Gasteiger partial charge in [0.15, 0.2) is 11.5 Å². The SMILES string of the molecule is C=CCc1ccc(Oc2ccc(OC[C@H](C)NC(C)=O)nc2)c(OC)c1. The van der Waals surface area contributed by atoms with Gasteiger partial charge in [-0.05, 0) is 37.1 Å². The van der Waals surface area contributed by atoms with E-state index in [0.29, 0.717) is 29.7 Å². The first-order valence-electron chi connectivity index (χ1n) is 8.33. The Kier molecular flexibility index (Phi) is 7.02. The van der Waals surface area contributed by atoms with Crippen molar-refractivity contribution >= 4 is 5.91 Å². The van der Waals surface area contributed by atoms with E-state index in [4.69, 9.17) is 14.2 Å². The van der Waals surface area contributed by atoms with Gasteiger partial charge in [-0.3, -0.25) is 4.79 Å². The van der Waals surface area contributed by atoms with Crippen LogP contribution in [0.25, 0.3) is 0 Å². The second kappa shape index (κ2) is 9.46. The largest absolute Gasteiger partial charge is 0.493 e. The van der Waals surface area contributed by atoms with Crippen LogP contribution in [-0.2, 0) is 11.2 Å². The van der Waals surface area contributed by atoms with Crippen molar-refractivity contribution in [3.63, 3.8) is 0 Å². The number of carbonyl (C=O) groups excluding carboxylic acids is 1. The highest BCUT2D eigenvalue weighted by Crippen LogP contribution is 2.32. The van der Waals surface area contributed by atoms with Crippen molar-refractivity contribution in [3.05, 3.63) is 54.7 Å². The number of amides is 1. The van der Waals surface area contributed by atoms with Crippen molar-refractivity contribution in [2.45, 2.75) is 26.3 Å². The second-order valence-electron chi connectivity index (χ2n) is 5.82. The molecule has 0 saturated heterocycles. The summed E-state index contributed by atoms with van der Waals surface area (Å²) in [5.74, 6) is 2.19. The number of methoxy groups -OCH3 is 1. The van der Waals surface area contributed by atoms with Gasteiger partial charge in [-0.25, -0.2) is 4.98 Å². The Balaban J connectivity index is 1.98. The molecule has 0 aliphatic heterocycles. The molecule has 1 N–H and O–H groups in total. The number of benzene rings is 1. The molecule has 0 unspecified atom stereocenters. The van der Waals surface area contributed by atoms with Gasteiger partial charge in [-0.2, -0.15) is 0 Å². The molecule has 1 aromatic heterocycles. The molecule has 2 aromatic rings. The molecule has 0 bridgehead atoms. The zero-order valence-corrected chi connectivity index (χ0v) is 15.3. The number of aromatic nitrogens is 1. The Bertz CT molecular complexity index is 744. The van der Waals surface area contributed by atoms with Gasteiger partial charge >= 0.3 is 0 Å². The van der Waals surface area contributed by atoms with E-state index in [-0.39, 0.29) is 11.9 Å². The molecule has 1 amide bonds. The smallest absolute Gasteiger partial charge is 0.217 e. The summed E-state index contributed by atoms with van der Waals surface area (Å²) in [5, 5.41) is 2.75. The lowest BCUT2D eigenvalue weighted by Crippen LogP contribution is -2.35. The third kappa shape index (κ3) is 5.81. The Hall–Kier alpha value is -3.02. The van der Waals surface area contributed by atoms with E-state index in [1.54, 1.807) is 25.4 Å². The van der Waals surface area contributed by atoms with Gasteiger partial charge < -0.3 is 19.5 Å². The van der Waals surface area contributed by atoms with Gasteiger partial charge in [0.2, 0.25) is 11.8 Å². The number of nitrogens with zero attached hydrogens (tertiary/aromatic N) is 1. The zero-order chi connectivity index (χ0) is 18.9. The minimum Gasteiger partial charge on any atom is -0.493 e. The Morgan fingerprint density at radius 1 is 1.31 bits per heavy atom. The highest BCUT2D eigenvalue weighted by atomic mass is 16.5. The minimum absolute atomic E-state index is 0.0918. The number of allylic oxidation sites excluding steroid dienone is 1. The third-order valence-electron chi connectivity index (χ3n) is 3.48. The van der Waals surface area contributed by atoms with Crippen LogP contribution in [0.4, 0.5) is 0 Å². The maximum Gasteiger partial charge on any atom is 0.217 e. The highest BCUT2D eigenvalue weighted by Gasteiger charge is 2.08. The first-order chi connectivity index (χ1) is 12.5. The fourth-order valence-electron chi connectivity index (χ4n) is 2.33. The molecule has 0 radical (unpaired) electrons. The summed E-state index contributed by atoms with van der Waals surface area (Å²) in [7, 11) is 1.60.